The van der Waals surface area contributed by atoms with Gasteiger partial charge in [0.15, 0.2) is 0 Å². The van der Waals surface area contributed by atoms with Crippen LogP contribution in [0.4, 0.5) is 10.5 Å². The molecule has 0 aliphatic carbocycles. The van der Waals surface area contributed by atoms with E-state index in [9.17, 15) is 14.7 Å². The molecule has 9 nitrogen and oxygen atoms in total. The van der Waals surface area contributed by atoms with Gasteiger partial charge >= 0.3 is 6.09 Å². The molecule has 2 amide bonds. The van der Waals surface area contributed by atoms with Crippen molar-refractivity contribution in [3.8, 4) is 11.1 Å². The van der Waals surface area contributed by atoms with Gasteiger partial charge in [0.25, 0.3) is 0 Å². The molecule has 2 aliphatic heterocycles. The third-order valence-electron chi connectivity index (χ3n) is 6.92. The lowest BCUT2D eigenvalue weighted by molar-refractivity contribution is -0.117. The lowest BCUT2D eigenvalue weighted by atomic mass is 9.88. The third kappa shape index (κ3) is 4.95. The molecule has 2 aromatic rings. The second-order valence-corrected chi connectivity index (χ2v) is 9.63. The van der Waals surface area contributed by atoms with E-state index >= 15 is 0 Å². The zero-order valence-electron chi connectivity index (χ0n) is 20.6. The van der Waals surface area contributed by atoms with Crippen molar-refractivity contribution in [2.75, 3.05) is 37.6 Å². The molecule has 0 unspecified atom stereocenters. The Morgan fingerprint density at radius 3 is 2.59 bits per heavy atom. The number of anilines is 1. The standard InChI is InChI=1S/C25H36N6O3/c1-17(2)30(25(33)34)24-13-18(3)31(19(4)32)23-6-5-20(14-22(23)24)21-15-27-29(16-21)12-11-28-9-7-26-8-10-28/h5-6,14-18,24,26H,7-13H2,1-4H3,(H,33,34)/t18-,24+/m0/s1. The zero-order valence-corrected chi connectivity index (χ0v) is 20.6. The van der Waals surface area contributed by atoms with Crippen LogP contribution >= 0.6 is 0 Å². The molecule has 4 rings (SSSR count). The van der Waals surface area contributed by atoms with Crippen LogP contribution in [-0.2, 0) is 11.3 Å². The van der Waals surface area contributed by atoms with Crippen LogP contribution in [0.3, 0.4) is 0 Å². The number of amides is 2. The number of aromatic nitrogens is 2. The molecule has 1 aromatic carbocycles. The maximum absolute atomic E-state index is 12.5. The second kappa shape index (κ2) is 10.1. The van der Waals surface area contributed by atoms with E-state index in [1.165, 1.54) is 4.90 Å². The molecule has 1 saturated heterocycles. The predicted octanol–water partition coefficient (Wildman–Crippen LogP) is 3.03. The minimum Gasteiger partial charge on any atom is -0.465 e. The lowest BCUT2D eigenvalue weighted by Crippen LogP contribution is -2.48. The molecular weight excluding hydrogens is 432 g/mol. The first-order valence-corrected chi connectivity index (χ1v) is 12.2. The molecule has 34 heavy (non-hydrogen) atoms. The first-order chi connectivity index (χ1) is 16.3. The number of fused-ring (bicyclic) bond motifs is 1. The number of benzene rings is 1. The van der Waals surface area contributed by atoms with Crippen LogP contribution in [-0.4, -0.2) is 81.5 Å². The van der Waals surface area contributed by atoms with Gasteiger partial charge < -0.3 is 15.3 Å². The lowest BCUT2D eigenvalue weighted by Gasteiger charge is -2.43. The highest BCUT2D eigenvalue weighted by atomic mass is 16.4. The van der Waals surface area contributed by atoms with Crippen molar-refractivity contribution >= 4 is 17.7 Å². The summed E-state index contributed by atoms with van der Waals surface area (Å²) >= 11 is 0. The van der Waals surface area contributed by atoms with Gasteiger partial charge in [-0.3, -0.25) is 19.3 Å². The van der Waals surface area contributed by atoms with Gasteiger partial charge in [-0.15, -0.1) is 0 Å². The second-order valence-electron chi connectivity index (χ2n) is 9.63. The van der Waals surface area contributed by atoms with Crippen LogP contribution in [0.5, 0.6) is 0 Å². The maximum atomic E-state index is 12.5. The summed E-state index contributed by atoms with van der Waals surface area (Å²) in [4.78, 5) is 30.3. The fourth-order valence-electron chi connectivity index (χ4n) is 5.28. The van der Waals surface area contributed by atoms with Crippen molar-refractivity contribution in [1.82, 2.24) is 24.9 Å². The molecule has 0 saturated carbocycles. The summed E-state index contributed by atoms with van der Waals surface area (Å²) in [5, 5.41) is 17.9. The Labute approximate surface area is 201 Å². The Morgan fingerprint density at radius 1 is 1.21 bits per heavy atom. The van der Waals surface area contributed by atoms with Gasteiger partial charge in [0, 0.05) is 69.2 Å². The van der Waals surface area contributed by atoms with Crippen molar-refractivity contribution in [3.05, 3.63) is 36.2 Å². The quantitative estimate of drug-likeness (QED) is 0.677. The number of piperazine rings is 1. The monoisotopic (exact) mass is 468 g/mol. The molecule has 9 heteroatoms. The number of carboxylic acid groups (broad SMARTS) is 1. The van der Waals surface area contributed by atoms with Crippen LogP contribution in [0.25, 0.3) is 11.1 Å². The first kappa shape index (κ1) is 24.2. The highest BCUT2D eigenvalue weighted by Gasteiger charge is 2.38. The van der Waals surface area contributed by atoms with Crippen LogP contribution in [0.2, 0.25) is 0 Å². The van der Waals surface area contributed by atoms with Gasteiger partial charge in [-0.25, -0.2) is 4.79 Å². The van der Waals surface area contributed by atoms with Gasteiger partial charge in [-0.2, -0.15) is 5.10 Å². The molecule has 2 N–H and O–H groups in total. The Hall–Kier alpha value is -2.91. The third-order valence-corrected chi connectivity index (χ3v) is 6.92. The predicted molar refractivity (Wildman–Crippen MR) is 132 cm³/mol. The van der Waals surface area contributed by atoms with Gasteiger partial charge in [-0.05, 0) is 50.5 Å². The number of carbonyl (C=O) groups excluding carboxylic acids is 1. The number of rotatable bonds is 6. The van der Waals surface area contributed by atoms with Gasteiger partial charge in [-0.1, -0.05) is 6.07 Å². The van der Waals surface area contributed by atoms with E-state index in [-0.39, 0.29) is 24.0 Å². The number of nitrogens with one attached hydrogen (secondary N) is 1. The van der Waals surface area contributed by atoms with Crippen LogP contribution in [0.15, 0.2) is 30.6 Å². The van der Waals surface area contributed by atoms with Gasteiger partial charge in [0.1, 0.15) is 0 Å². The smallest absolute Gasteiger partial charge is 0.408 e. The molecule has 0 spiro atoms. The van der Waals surface area contributed by atoms with E-state index in [1.807, 2.05) is 56.0 Å². The van der Waals surface area contributed by atoms with E-state index in [1.54, 1.807) is 11.8 Å². The Kier molecular flexibility index (Phi) is 7.23. The number of nitrogens with zero attached hydrogens (tertiary/aromatic N) is 5. The highest BCUT2D eigenvalue weighted by Crippen LogP contribution is 2.43. The topological polar surface area (TPSA) is 93.9 Å². The highest BCUT2D eigenvalue weighted by molar-refractivity contribution is 5.94. The average Bonchev–Trinajstić information content (AvgIpc) is 3.26. The number of hydrogen-bond acceptors (Lipinski definition) is 5. The van der Waals surface area contributed by atoms with Crippen molar-refractivity contribution < 1.29 is 14.7 Å². The molecule has 1 aromatic heterocycles. The van der Waals surface area contributed by atoms with Gasteiger partial charge in [0.05, 0.1) is 18.8 Å². The van der Waals surface area contributed by atoms with Crippen LogP contribution in [0, 0.1) is 0 Å². The summed E-state index contributed by atoms with van der Waals surface area (Å²) in [5.74, 6) is -0.0351. The normalized spacial score (nSPS) is 20.9. The van der Waals surface area contributed by atoms with Crippen LogP contribution < -0.4 is 10.2 Å². The molecule has 0 radical (unpaired) electrons. The van der Waals surface area contributed by atoms with E-state index in [2.05, 4.69) is 15.3 Å². The Morgan fingerprint density at radius 2 is 1.94 bits per heavy atom. The molecule has 3 heterocycles. The van der Waals surface area contributed by atoms with Crippen molar-refractivity contribution in [2.45, 2.75) is 58.8 Å². The van der Waals surface area contributed by atoms with E-state index in [4.69, 9.17) is 0 Å². The number of hydrogen-bond donors (Lipinski definition) is 2. The minimum atomic E-state index is -0.944. The Bertz CT molecular complexity index is 1030. The molecule has 2 atom stereocenters. The van der Waals surface area contributed by atoms with Crippen molar-refractivity contribution in [3.63, 3.8) is 0 Å². The van der Waals surface area contributed by atoms with E-state index in [0.29, 0.717) is 6.42 Å². The SMILES string of the molecule is CC(=O)N1c2ccc(-c3cnn(CCN4CCNCC4)c3)cc2[C@H](N(C(=O)O)C(C)C)C[C@@H]1C. The maximum Gasteiger partial charge on any atom is 0.408 e. The van der Waals surface area contributed by atoms with E-state index < -0.39 is 6.09 Å². The summed E-state index contributed by atoms with van der Waals surface area (Å²) in [7, 11) is 0. The fourth-order valence-corrected chi connectivity index (χ4v) is 5.28. The molecule has 2 aliphatic rings. The molecule has 0 bridgehead atoms. The van der Waals surface area contributed by atoms with Crippen LogP contribution in [0.1, 0.15) is 45.7 Å². The fraction of sp³-hybridized carbons (Fsp3) is 0.560. The summed E-state index contributed by atoms with van der Waals surface area (Å²) in [6.45, 7) is 13.3. The Balaban J connectivity index is 1.64. The minimum absolute atomic E-state index is 0.0351. The largest absolute Gasteiger partial charge is 0.465 e. The number of carbonyl (C=O) groups is 2. The summed E-state index contributed by atoms with van der Waals surface area (Å²) in [5.41, 5.74) is 3.62. The summed E-state index contributed by atoms with van der Waals surface area (Å²) in [6, 6.07) is 5.41. The van der Waals surface area contributed by atoms with E-state index in [0.717, 1.165) is 61.6 Å². The van der Waals surface area contributed by atoms with Gasteiger partial charge in [0.2, 0.25) is 5.91 Å². The summed E-state index contributed by atoms with van der Waals surface area (Å²) < 4.78 is 1.97. The molecule has 184 valence electrons. The van der Waals surface area contributed by atoms with Crippen molar-refractivity contribution in [2.24, 2.45) is 0 Å². The molecular formula is C25H36N6O3. The zero-order chi connectivity index (χ0) is 24.4. The first-order valence-electron chi connectivity index (χ1n) is 12.2. The average molecular weight is 469 g/mol. The summed E-state index contributed by atoms with van der Waals surface area (Å²) in [6.07, 6.45) is 3.52. The van der Waals surface area contributed by atoms with Crippen molar-refractivity contribution in [1.29, 1.82) is 0 Å². The molecule has 1 fully saturated rings.